The van der Waals surface area contributed by atoms with Gasteiger partial charge in [0.15, 0.2) is 5.78 Å². The zero-order valence-electron chi connectivity index (χ0n) is 15.5. The topological polar surface area (TPSA) is 34.1 Å². The van der Waals surface area contributed by atoms with Crippen molar-refractivity contribution in [3.05, 3.63) is 23.8 Å². The maximum Gasteiger partial charge on any atom is 0.178 e. The zero-order chi connectivity index (χ0) is 17.3. The maximum atomic E-state index is 12.2. The van der Waals surface area contributed by atoms with Crippen molar-refractivity contribution in [1.82, 2.24) is 0 Å². The average Bonchev–Trinajstić information content (AvgIpc) is 2.87. The van der Waals surface area contributed by atoms with Gasteiger partial charge in [-0.15, -0.1) is 0 Å². The molecule has 130 valence electrons. The van der Waals surface area contributed by atoms with E-state index in [-0.39, 0.29) is 27.9 Å². The summed E-state index contributed by atoms with van der Waals surface area (Å²) >= 11 is 0. The van der Waals surface area contributed by atoms with Crippen molar-refractivity contribution in [3.8, 4) is 0 Å². The number of allylic oxidation sites excluding steroid dienone is 4. The molecule has 2 heteroatoms. The highest BCUT2D eigenvalue weighted by atomic mass is 16.1. The molecule has 2 nitrogen and oxygen atoms in total. The van der Waals surface area contributed by atoms with Gasteiger partial charge in [-0.05, 0) is 80.3 Å². The van der Waals surface area contributed by atoms with Crippen molar-refractivity contribution in [2.24, 2.45) is 34.0 Å². The Balaban J connectivity index is 1.75. The fourth-order valence-electron chi connectivity index (χ4n) is 7.52. The molecule has 4 aliphatic rings. The van der Waals surface area contributed by atoms with Gasteiger partial charge in [0.2, 0.25) is 0 Å². The second kappa shape index (κ2) is 4.93. The quantitative estimate of drug-likeness (QED) is 0.687. The minimum absolute atomic E-state index is 0.0382. The molecule has 0 heterocycles. The summed E-state index contributed by atoms with van der Waals surface area (Å²) in [5.41, 5.74) is 1.86. The van der Waals surface area contributed by atoms with Crippen LogP contribution < -0.4 is 0 Å². The van der Waals surface area contributed by atoms with E-state index >= 15 is 0 Å². The molecule has 24 heavy (non-hydrogen) atoms. The van der Waals surface area contributed by atoms with Crippen molar-refractivity contribution in [2.45, 2.75) is 66.2 Å². The number of hydrogen-bond acceptors (Lipinski definition) is 2. The molecule has 3 fully saturated rings. The predicted octanol–water partition coefficient (Wildman–Crippen LogP) is 4.89. The second-order valence-corrected chi connectivity index (χ2v) is 9.58. The number of fused-ring (bicyclic) bond motifs is 5. The first kappa shape index (κ1) is 16.3. The molecule has 0 aliphatic heterocycles. The summed E-state index contributed by atoms with van der Waals surface area (Å²) in [4.78, 5) is 24.1. The van der Waals surface area contributed by atoms with Crippen molar-refractivity contribution in [1.29, 1.82) is 0 Å². The fraction of sp³-hybridized carbons (Fsp3) is 0.727. The highest BCUT2D eigenvalue weighted by Crippen LogP contribution is 2.71. The number of Topliss-reactive ketones (excluding diaryl/α,β-unsaturated/α-hetero) is 1. The molecule has 0 saturated heterocycles. The van der Waals surface area contributed by atoms with Crippen LogP contribution in [0.15, 0.2) is 23.8 Å². The number of ketones is 2. The highest BCUT2D eigenvalue weighted by molar-refractivity contribution is 6.01. The highest BCUT2D eigenvalue weighted by Gasteiger charge is 2.64. The van der Waals surface area contributed by atoms with Gasteiger partial charge in [0.05, 0.1) is 0 Å². The van der Waals surface area contributed by atoms with Crippen LogP contribution in [-0.2, 0) is 9.59 Å². The molecular weight excluding hydrogens is 296 g/mol. The van der Waals surface area contributed by atoms with E-state index in [0.29, 0.717) is 17.6 Å². The Morgan fingerprint density at radius 2 is 1.79 bits per heavy atom. The molecule has 0 bridgehead atoms. The molecule has 0 aromatic carbocycles. The summed E-state index contributed by atoms with van der Waals surface area (Å²) in [7, 11) is 0. The Bertz CT molecular complexity index is 671. The van der Waals surface area contributed by atoms with Gasteiger partial charge in [-0.25, -0.2) is 0 Å². The Labute approximate surface area is 145 Å². The summed E-state index contributed by atoms with van der Waals surface area (Å²) < 4.78 is 0. The largest absolute Gasteiger partial charge is 0.300 e. The Hall–Kier alpha value is -1.18. The molecule has 0 aromatic heterocycles. The Morgan fingerprint density at radius 1 is 1.04 bits per heavy atom. The van der Waals surface area contributed by atoms with Crippen LogP contribution in [0.3, 0.4) is 0 Å². The van der Waals surface area contributed by atoms with Crippen LogP contribution in [0.5, 0.6) is 0 Å². The summed E-state index contributed by atoms with van der Waals surface area (Å²) in [5.74, 6) is 2.05. The number of rotatable bonds is 1. The first-order chi connectivity index (χ1) is 11.2. The molecule has 0 radical (unpaired) electrons. The normalized spacial score (nSPS) is 49.9. The lowest BCUT2D eigenvalue weighted by atomic mass is 9.41. The van der Waals surface area contributed by atoms with Crippen molar-refractivity contribution >= 4 is 11.6 Å². The summed E-state index contributed by atoms with van der Waals surface area (Å²) in [5, 5.41) is 0. The molecule has 6 atom stereocenters. The zero-order valence-corrected chi connectivity index (χ0v) is 15.5. The van der Waals surface area contributed by atoms with Crippen LogP contribution in [0.2, 0.25) is 0 Å². The van der Waals surface area contributed by atoms with Crippen LogP contribution in [0.1, 0.15) is 66.2 Å². The van der Waals surface area contributed by atoms with E-state index in [9.17, 15) is 9.59 Å². The summed E-state index contributed by atoms with van der Waals surface area (Å²) in [6, 6.07) is 0. The molecule has 0 amide bonds. The van der Waals surface area contributed by atoms with Gasteiger partial charge in [0.25, 0.3) is 0 Å². The molecule has 3 saturated carbocycles. The summed E-state index contributed by atoms with van der Waals surface area (Å²) in [6.07, 6.45) is 12.7. The van der Waals surface area contributed by atoms with Crippen LogP contribution in [0.4, 0.5) is 0 Å². The smallest absolute Gasteiger partial charge is 0.178 e. The fourth-order valence-corrected chi connectivity index (χ4v) is 7.52. The number of hydrogen-bond donors (Lipinski definition) is 0. The van der Waals surface area contributed by atoms with Crippen LogP contribution >= 0.6 is 0 Å². The lowest BCUT2D eigenvalue weighted by Gasteiger charge is -2.62. The molecule has 0 unspecified atom stereocenters. The molecular formula is C22H30O2. The maximum absolute atomic E-state index is 12.2. The summed E-state index contributed by atoms with van der Waals surface area (Å²) in [6.45, 7) is 9.04. The average molecular weight is 326 g/mol. The van der Waals surface area contributed by atoms with E-state index in [1.165, 1.54) is 24.8 Å². The van der Waals surface area contributed by atoms with Crippen LogP contribution in [0.25, 0.3) is 0 Å². The van der Waals surface area contributed by atoms with E-state index in [1.807, 2.05) is 6.08 Å². The first-order valence-electron chi connectivity index (χ1n) is 9.66. The van der Waals surface area contributed by atoms with Gasteiger partial charge in [-0.1, -0.05) is 32.4 Å². The van der Waals surface area contributed by atoms with Crippen LogP contribution in [-0.4, -0.2) is 11.6 Å². The van der Waals surface area contributed by atoms with Crippen molar-refractivity contribution in [2.75, 3.05) is 0 Å². The Morgan fingerprint density at radius 3 is 2.50 bits per heavy atom. The minimum atomic E-state index is 0.0382. The monoisotopic (exact) mass is 326 g/mol. The standard InChI is InChI=1S/C22H30O2/c1-14(23)17-5-6-18-21(17,3)12-9-19-20(2)11-8-16(24)13-15(20)7-10-22(18,19)4/h8,11,13,17-19H,5-7,9-10,12H2,1-4H3/t17-,18-,19-,20+,21-,22+/m1/s1. The van der Waals surface area contributed by atoms with E-state index < -0.39 is 0 Å². The van der Waals surface area contributed by atoms with Crippen LogP contribution in [0, 0.1) is 34.0 Å². The van der Waals surface area contributed by atoms with E-state index in [2.05, 4.69) is 26.8 Å². The minimum Gasteiger partial charge on any atom is -0.300 e. The van der Waals surface area contributed by atoms with Gasteiger partial charge in [-0.3, -0.25) is 9.59 Å². The molecule has 4 rings (SSSR count). The van der Waals surface area contributed by atoms with Gasteiger partial charge >= 0.3 is 0 Å². The van der Waals surface area contributed by atoms with Crippen molar-refractivity contribution < 1.29 is 9.59 Å². The third kappa shape index (κ3) is 1.89. The molecule has 0 aromatic rings. The third-order valence-electron chi connectivity index (χ3n) is 8.65. The van der Waals surface area contributed by atoms with E-state index in [4.69, 9.17) is 0 Å². The molecule has 0 N–H and O–H groups in total. The molecule has 0 spiro atoms. The second-order valence-electron chi connectivity index (χ2n) is 9.58. The van der Waals surface area contributed by atoms with Gasteiger partial charge in [0.1, 0.15) is 5.78 Å². The van der Waals surface area contributed by atoms with Gasteiger partial charge in [-0.2, -0.15) is 0 Å². The third-order valence-corrected chi connectivity index (χ3v) is 8.65. The van der Waals surface area contributed by atoms with E-state index in [1.54, 1.807) is 13.0 Å². The SMILES string of the molecule is CC(=O)[C@H]1CC[C@@H]2[C@]1(C)CC[C@H]1[C@@]2(C)CCC2=CC(=O)C=C[C@@]21C. The van der Waals surface area contributed by atoms with Crippen molar-refractivity contribution in [3.63, 3.8) is 0 Å². The lowest BCUT2D eigenvalue weighted by molar-refractivity contribution is -0.133. The molecule has 4 aliphatic carbocycles. The van der Waals surface area contributed by atoms with E-state index in [0.717, 1.165) is 19.3 Å². The number of carbonyl (C=O) groups excluding carboxylic acids is 2. The first-order valence-corrected chi connectivity index (χ1v) is 9.66. The Kier molecular flexibility index (Phi) is 3.34. The number of carbonyl (C=O) groups is 2. The van der Waals surface area contributed by atoms with Gasteiger partial charge in [0, 0.05) is 11.3 Å². The van der Waals surface area contributed by atoms with Gasteiger partial charge < -0.3 is 0 Å². The lowest BCUT2D eigenvalue weighted by Crippen LogP contribution is -2.56. The predicted molar refractivity (Wildman–Crippen MR) is 95.4 cm³/mol.